The van der Waals surface area contributed by atoms with Crippen LogP contribution in [-0.2, 0) is 10.3 Å². The second-order valence-electron chi connectivity index (χ2n) is 9.04. The molecule has 1 rings (SSSR count). The molecule has 0 fully saturated rings. The lowest BCUT2D eigenvalue weighted by atomic mass is 9.82. The van der Waals surface area contributed by atoms with E-state index in [9.17, 15) is 74.6 Å². The third-order valence-corrected chi connectivity index (χ3v) is 5.96. The van der Waals surface area contributed by atoms with Crippen molar-refractivity contribution in [2.75, 3.05) is 7.11 Å². The van der Waals surface area contributed by atoms with Crippen LogP contribution >= 0.6 is 0 Å². The highest BCUT2D eigenvalue weighted by molar-refractivity contribution is 5.30. The van der Waals surface area contributed by atoms with Crippen molar-refractivity contribution in [3.8, 4) is 0 Å². The van der Waals surface area contributed by atoms with Crippen LogP contribution in [0.15, 0.2) is 24.3 Å². The number of hydrogen-bond donors (Lipinski definition) is 0. The average molecular weight is 610 g/mol. The second kappa shape index (κ2) is 9.82. The molecule has 1 nitrogen and oxygen atoms in total. The number of rotatable bonds is 11. The van der Waals surface area contributed by atoms with Crippen LogP contribution in [0.4, 0.5) is 74.6 Å². The minimum Gasteiger partial charge on any atom is -0.374 e. The zero-order valence-corrected chi connectivity index (χ0v) is 19.9. The molecule has 0 aliphatic carbocycles. The Morgan fingerprint density at radius 1 is 0.615 bits per heavy atom. The van der Waals surface area contributed by atoms with Crippen molar-refractivity contribution in [3.63, 3.8) is 0 Å². The summed E-state index contributed by atoms with van der Waals surface area (Å²) in [7, 11) is 0.566. The fraction of sp³-hybridized carbons (Fsp3) is 0.714. The summed E-state index contributed by atoms with van der Waals surface area (Å²) in [6, 6.07) is 4.53. The third-order valence-electron chi connectivity index (χ3n) is 5.96. The van der Waals surface area contributed by atoms with E-state index in [1.807, 2.05) is 0 Å². The Morgan fingerprint density at radius 3 is 1.36 bits per heavy atom. The van der Waals surface area contributed by atoms with Gasteiger partial charge in [0, 0.05) is 7.11 Å². The minimum absolute atomic E-state index is 0.329. The maximum Gasteiger partial charge on any atom is 0.460 e. The molecule has 1 aromatic carbocycles. The zero-order valence-electron chi connectivity index (χ0n) is 19.9. The molecule has 0 aliphatic heterocycles. The van der Waals surface area contributed by atoms with Crippen molar-refractivity contribution in [1.82, 2.24) is 0 Å². The predicted molar refractivity (Wildman–Crippen MR) is 100 cm³/mol. The van der Waals surface area contributed by atoms with Crippen molar-refractivity contribution in [1.29, 1.82) is 0 Å². The predicted octanol–water partition coefficient (Wildman–Crippen LogP) is 9.07. The maximum absolute atomic E-state index is 14.6. The van der Waals surface area contributed by atoms with Gasteiger partial charge in [0.05, 0.1) is 12.0 Å². The molecule has 1 unspecified atom stereocenters. The first kappa shape index (κ1) is 35.0. The lowest BCUT2D eigenvalue weighted by Crippen LogP contribution is -2.74. The number of halogens is 17. The van der Waals surface area contributed by atoms with Gasteiger partial charge in [0.1, 0.15) is 0 Å². The van der Waals surface area contributed by atoms with Gasteiger partial charge in [-0.1, -0.05) is 38.1 Å². The number of benzene rings is 1. The summed E-state index contributed by atoms with van der Waals surface area (Å²) in [5.41, 5.74) is -2.91. The summed E-state index contributed by atoms with van der Waals surface area (Å²) >= 11 is 0. The molecule has 0 aromatic heterocycles. The molecule has 18 heteroatoms. The van der Waals surface area contributed by atoms with Crippen molar-refractivity contribution < 1.29 is 79.4 Å². The van der Waals surface area contributed by atoms with Crippen LogP contribution in [0.25, 0.3) is 0 Å². The third kappa shape index (κ3) is 5.13. The van der Waals surface area contributed by atoms with Crippen molar-refractivity contribution >= 4 is 0 Å². The van der Waals surface area contributed by atoms with E-state index in [0.29, 0.717) is 19.6 Å². The van der Waals surface area contributed by atoms with Gasteiger partial charge in [-0.2, -0.15) is 74.6 Å². The summed E-state index contributed by atoms with van der Waals surface area (Å²) in [5.74, 6) is -57.0. The molecule has 0 N–H and O–H groups in total. The molecule has 0 saturated carbocycles. The molecule has 228 valence electrons. The minimum atomic E-state index is -8.65. The SMILES string of the molecule is COC(C)(CC(F)(F)C(F)(F)C(F)(F)C(F)(F)C(F)(F)C(F)(F)C(F)(F)C(F)(F)F)c1cccc(C(C)C)c1. The largest absolute Gasteiger partial charge is 0.460 e. The first-order valence-corrected chi connectivity index (χ1v) is 10.3. The van der Waals surface area contributed by atoms with Crippen LogP contribution in [0.1, 0.15) is 44.2 Å². The summed E-state index contributed by atoms with van der Waals surface area (Å²) in [6.45, 7) is 3.68. The quantitative estimate of drug-likeness (QED) is 0.227. The normalized spacial score (nSPS) is 17.0. The summed E-state index contributed by atoms with van der Waals surface area (Å²) in [6.07, 6.45) is -10.5. The Morgan fingerprint density at radius 2 is 1.00 bits per heavy atom. The Balaban J connectivity index is 3.68. The summed E-state index contributed by atoms with van der Waals surface area (Å²) in [5, 5.41) is 0. The van der Waals surface area contributed by atoms with Gasteiger partial charge >= 0.3 is 47.6 Å². The number of ether oxygens (including phenoxy) is 1. The van der Waals surface area contributed by atoms with Crippen LogP contribution in [0, 0.1) is 0 Å². The van der Waals surface area contributed by atoms with Gasteiger partial charge in [-0.25, -0.2) is 0 Å². The molecule has 1 aromatic rings. The number of methoxy groups -OCH3 is 1. The molecule has 0 bridgehead atoms. The Hall–Kier alpha value is -2.01. The molecular weight excluding hydrogens is 591 g/mol. The first-order chi connectivity index (χ1) is 16.9. The standard InChI is InChI=1S/C21H19F17O/c1-10(2)11-6-5-7-12(8-11)13(3,39-4)9-14(22,23)15(24,25)16(26,27)17(28,29)18(30,31)19(32,33)20(34,35)21(36,37)38/h5-8,10H,9H2,1-4H3. The molecule has 39 heavy (non-hydrogen) atoms. The highest BCUT2D eigenvalue weighted by atomic mass is 19.4. The molecular formula is C21H19F17O. The summed E-state index contributed by atoms with van der Waals surface area (Å²) < 4.78 is 235. The van der Waals surface area contributed by atoms with Crippen LogP contribution < -0.4 is 0 Å². The van der Waals surface area contributed by atoms with Crippen LogP contribution in [0.5, 0.6) is 0 Å². The lowest BCUT2D eigenvalue weighted by molar-refractivity contribution is -0.462. The van der Waals surface area contributed by atoms with Crippen LogP contribution in [0.3, 0.4) is 0 Å². The van der Waals surface area contributed by atoms with Crippen molar-refractivity contribution in [2.24, 2.45) is 0 Å². The smallest absolute Gasteiger partial charge is 0.374 e. The molecule has 0 aliphatic rings. The topological polar surface area (TPSA) is 9.23 Å². The molecule has 0 amide bonds. The van der Waals surface area contributed by atoms with Gasteiger partial charge in [-0.3, -0.25) is 0 Å². The maximum atomic E-state index is 14.6. The van der Waals surface area contributed by atoms with E-state index in [4.69, 9.17) is 0 Å². The van der Waals surface area contributed by atoms with Gasteiger partial charge in [0.2, 0.25) is 0 Å². The van der Waals surface area contributed by atoms with E-state index < -0.39 is 65.2 Å². The van der Waals surface area contributed by atoms with Crippen molar-refractivity contribution in [2.45, 2.75) is 86.3 Å². The van der Waals surface area contributed by atoms with Gasteiger partial charge in [-0.05, 0) is 24.0 Å². The molecule has 0 spiro atoms. The van der Waals surface area contributed by atoms with E-state index >= 15 is 0 Å². The van der Waals surface area contributed by atoms with E-state index in [-0.39, 0.29) is 5.92 Å². The van der Waals surface area contributed by atoms with Gasteiger partial charge in [0.15, 0.2) is 0 Å². The molecule has 0 saturated heterocycles. The van der Waals surface area contributed by atoms with Gasteiger partial charge in [-0.15, -0.1) is 0 Å². The van der Waals surface area contributed by atoms with E-state index in [0.717, 1.165) is 18.2 Å². The highest BCUT2D eigenvalue weighted by Crippen LogP contribution is 2.64. The van der Waals surface area contributed by atoms with Crippen LogP contribution in [-0.4, -0.2) is 54.7 Å². The molecule has 0 heterocycles. The van der Waals surface area contributed by atoms with E-state index in [2.05, 4.69) is 4.74 Å². The van der Waals surface area contributed by atoms with E-state index in [1.54, 1.807) is 13.8 Å². The number of alkyl halides is 17. The first-order valence-electron chi connectivity index (χ1n) is 10.3. The lowest BCUT2D eigenvalue weighted by Gasteiger charge is -2.44. The fourth-order valence-electron chi connectivity index (χ4n) is 3.25. The Bertz CT molecular complexity index is 1010. The Kier molecular flexibility index (Phi) is 8.82. The monoisotopic (exact) mass is 610 g/mol. The highest BCUT2D eigenvalue weighted by Gasteiger charge is 2.95. The summed E-state index contributed by atoms with van der Waals surface area (Å²) in [4.78, 5) is 0. The van der Waals surface area contributed by atoms with Crippen molar-refractivity contribution in [3.05, 3.63) is 35.4 Å². The Labute approximate surface area is 209 Å². The van der Waals surface area contributed by atoms with Gasteiger partial charge < -0.3 is 4.74 Å². The van der Waals surface area contributed by atoms with E-state index in [1.165, 1.54) is 6.07 Å². The van der Waals surface area contributed by atoms with Crippen LogP contribution in [0.2, 0.25) is 0 Å². The molecule has 1 atom stereocenters. The fourth-order valence-corrected chi connectivity index (χ4v) is 3.25. The molecule has 0 radical (unpaired) electrons. The number of hydrogen-bond acceptors (Lipinski definition) is 1. The van der Waals surface area contributed by atoms with Gasteiger partial charge in [0.25, 0.3) is 0 Å². The average Bonchev–Trinajstić information content (AvgIpc) is 2.77. The second-order valence-corrected chi connectivity index (χ2v) is 9.04. The zero-order chi connectivity index (χ0) is 31.5.